The lowest BCUT2D eigenvalue weighted by atomic mass is 9.68. The molecule has 3 aromatic rings. The van der Waals surface area contributed by atoms with Crippen LogP contribution in [0.25, 0.3) is 0 Å². The number of ether oxygens (including phenoxy) is 6. The van der Waals surface area contributed by atoms with E-state index in [1.165, 1.54) is 53.5 Å². The molecule has 3 aliphatic heterocycles. The van der Waals surface area contributed by atoms with Crippen LogP contribution in [0.5, 0.6) is 34.5 Å². The maximum Gasteiger partial charge on any atom is 0.412 e. The van der Waals surface area contributed by atoms with Crippen LogP contribution in [-0.4, -0.2) is 52.5 Å². The highest BCUT2D eigenvalue weighted by Gasteiger charge is 2.49. The van der Waals surface area contributed by atoms with Gasteiger partial charge in [-0.3, -0.25) is 14.4 Å². The fourth-order valence-corrected chi connectivity index (χ4v) is 15.5. The molecule has 0 spiro atoms. The van der Waals surface area contributed by atoms with Gasteiger partial charge in [0.25, 0.3) is 0 Å². The summed E-state index contributed by atoms with van der Waals surface area (Å²) in [5.41, 5.74) is 10.0. The van der Waals surface area contributed by atoms with Gasteiger partial charge in [0.2, 0.25) is 0 Å². The average Bonchev–Trinajstić information content (AvgIpc) is 0.855. The second-order valence-electron chi connectivity index (χ2n) is 29.4. The van der Waals surface area contributed by atoms with Crippen molar-refractivity contribution in [3.05, 3.63) is 105 Å². The zero-order valence-corrected chi connectivity index (χ0v) is 58.1. The van der Waals surface area contributed by atoms with E-state index >= 15 is 0 Å². The van der Waals surface area contributed by atoms with E-state index in [9.17, 15) is 19.2 Å². The lowest BCUT2D eigenvalue weighted by Crippen LogP contribution is -2.45. The van der Waals surface area contributed by atoms with Crippen LogP contribution in [0.15, 0.2) is 71.3 Å². The summed E-state index contributed by atoms with van der Waals surface area (Å²) in [6.45, 7) is 29.1. The molecule has 4 aliphatic carbocycles. The highest BCUT2D eigenvalue weighted by molar-refractivity contribution is 5.79. The number of carbonyl (C=O) groups is 4. The first-order valence-corrected chi connectivity index (χ1v) is 35.6. The van der Waals surface area contributed by atoms with Gasteiger partial charge in [0.15, 0.2) is 0 Å². The Labute approximate surface area is 546 Å². The fraction of sp³-hybridized carbons (Fsp3) is 0.646. The number of esters is 2. The summed E-state index contributed by atoms with van der Waals surface area (Å²) in [4.78, 5) is 48.8. The molecule has 3 heterocycles. The lowest BCUT2D eigenvalue weighted by molar-refractivity contribution is -0.142. The van der Waals surface area contributed by atoms with E-state index in [2.05, 4.69) is 144 Å². The summed E-state index contributed by atoms with van der Waals surface area (Å²) in [6, 6.07) is 12.7. The van der Waals surface area contributed by atoms with Crippen LogP contribution < -0.4 is 33.7 Å². The van der Waals surface area contributed by atoms with Crippen LogP contribution in [0.4, 0.5) is 4.79 Å². The van der Waals surface area contributed by atoms with E-state index in [0.29, 0.717) is 35.8 Å². The third-order valence-corrected chi connectivity index (χ3v) is 20.7. The lowest BCUT2D eigenvalue weighted by Gasteiger charge is -2.46. The molecule has 91 heavy (non-hydrogen) atoms. The Bertz CT molecular complexity index is 3100. The first kappa shape index (κ1) is 70.8. The third-order valence-electron chi connectivity index (χ3n) is 20.7. The van der Waals surface area contributed by atoms with E-state index in [0.717, 1.165) is 180 Å². The van der Waals surface area contributed by atoms with Crippen molar-refractivity contribution in [1.82, 2.24) is 5.32 Å². The monoisotopic (exact) mass is 1250 g/mol. The Morgan fingerprint density at radius 2 is 0.846 bits per heavy atom. The van der Waals surface area contributed by atoms with Gasteiger partial charge in [0, 0.05) is 58.7 Å². The maximum atomic E-state index is 12.9. The van der Waals surface area contributed by atoms with Crippen molar-refractivity contribution >= 4 is 24.0 Å². The van der Waals surface area contributed by atoms with E-state index < -0.39 is 11.9 Å². The van der Waals surface area contributed by atoms with Crippen LogP contribution in [0, 0.1) is 23.7 Å². The van der Waals surface area contributed by atoms with E-state index in [1.54, 1.807) is 0 Å². The second-order valence-corrected chi connectivity index (χ2v) is 29.4. The van der Waals surface area contributed by atoms with Crippen molar-refractivity contribution in [3.8, 4) is 34.5 Å². The predicted molar refractivity (Wildman–Crippen MR) is 364 cm³/mol. The van der Waals surface area contributed by atoms with Crippen LogP contribution in [0.3, 0.4) is 0 Å². The Kier molecular flexibility index (Phi) is 25.1. The van der Waals surface area contributed by atoms with Crippen molar-refractivity contribution in [1.29, 1.82) is 0 Å². The summed E-state index contributed by atoms with van der Waals surface area (Å²) >= 11 is 0. The molecule has 12 heteroatoms. The van der Waals surface area contributed by atoms with Crippen LogP contribution in [0.2, 0.25) is 0 Å². The number of benzene rings is 3. The molecule has 0 unspecified atom stereocenters. The molecule has 0 aromatic heterocycles. The number of carboxylic acids is 1. The number of nitrogens with one attached hydrogen (secondary N) is 1. The largest absolute Gasteiger partial charge is 0.487 e. The molecule has 7 aliphatic rings. The summed E-state index contributed by atoms with van der Waals surface area (Å²) in [6.07, 6.45) is 33.6. The van der Waals surface area contributed by atoms with Crippen molar-refractivity contribution in [2.45, 2.75) is 298 Å². The molecule has 3 aromatic carbocycles. The summed E-state index contributed by atoms with van der Waals surface area (Å²) < 4.78 is 37.5. The molecule has 6 atom stereocenters. The number of hydrogen-bond donors (Lipinski definition) is 2. The Balaban J connectivity index is 0.000000176. The molecule has 500 valence electrons. The number of rotatable bonds is 23. The van der Waals surface area contributed by atoms with Gasteiger partial charge in [-0.05, 0) is 212 Å². The number of aliphatic carboxylic acids is 1. The van der Waals surface area contributed by atoms with Crippen molar-refractivity contribution in [2.24, 2.45) is 23.7 Å². The molecule has 10 rings (SSSR count). The number of carboxylic acid groups (broad SMARTS) is 1. The van der Waals surface area contributed by atoms with Crippen molar-refractivity contribution < 1.29 is 52.7 Å². The van der Waals surface area contributed by atoms with Gasteiger partial charge in [0.05, 0.1) is 18.8 Å². The minimum absolute atomic E-state index is 0.0432. The molecule has 0 saturated heterocycles. The maximum absolute atomic E-state index is 12.9. The molecular formula is C79H113NO11. The highest BCUT2D eigenvalue weighted by atomic mass is 16.6. The van der Waals surface area contributed by atoms with Gasteiger partial charge in [-0.2, -0.15) is 0 Å². The summed E-state index contributed by atoms with van der Waals surface area (Å²) in [5, 5.41) is 11.8. The molecule has 12 nitrogen and oxygen atoms in total. The standard InChI is InChI=1S/C27H41NO3.C27H38O3.C25H34O5/c1-6-8-10-12-20-17-23(30-26(29)28-15-11-9-7-2)25-21-16-19(3)13-14-22(21)27(4,5)31-24(25)18-20;1-5-6-7-10-19-16-23(29-26(28)20-11-8-9-12-20)25-21-15-18(2)13-14-22(21)27(3,4)30-24(25)17-19;1-5-6-7-8-17-14-20(29-23(28)12-11-22(26)27)24-18-13-16(2)9-10-19(18)25(3,4)30-21(24)15-17/h16-18,21-22H,6-15H2,1-5H3,(H,28,29);15-17,20-22H,5-14H2,1-4H3;13-15,18-19H,5-12H2,1-4H3,(H,26,27)/t2*21-,22-;18-,19-/m111/s1. The van der Waals surface area contributed by atoms with Crippen LogP contribution in [0.1, 0.15) is 295 Å². The van der Waals surface area contributed by atoms with Crippen LogP contribution >= 0.6 is 0 Å². The molecular weight excluding hydrogens is 1140 g/mol. The smallest absolute Gasteiger partial charge is 0.412 e. The number of unbranched alkanes of at least 4 members (excludes halogenated alkanes) is 8. The Morgan fingerprint density at radius 3 is 1.22 bits per heavy atom. The zero-order valence-electron chi connectivity index (χ0n) is 58.1. The molecule has 0 bridgehead atoms. The quantitative estimate of drug-likeness (QED) is 0.0403. The molecule has 0 radical (unpaired) electrons. The van der Waals surface area contributed by atoms with Gasteiger partial charge in [0.1, 0.15) is 51.3 Å². The summed E-state index contributed by atoms with van der Waals surface area (Å²) in [7, 11) is 0. The topological polar surface area (TPSA) is 156 Å². The average molecular weight is 1250 g/mol. The van der Waals surface area contributed by atoms with Gasteiger partial charge in [-0.15, -0.1) is 0 Å². The van der Waals surface area contributed by atoms with Crippen LogP contribution in [-0.2, 0) is 33.6 Å². The number of carbonyl (C=O) groups excluding carboxylic acids is 3. The normalized spacial score (nSPS) is 22.7. The van der Waals surface area contributed by atoms with E-state index in [4.69, 9.17) is 33.5 Å². The summed E-state index contributed by atoms with van der Waals surface area (Å²) in [5.74, 6) is 4.77. The number of aryl methyl sites for hydroxylation is 3. The SMILES string of the molecule is CCCCCNC(=O)Oc1cc(CCCCC)cc2c1[C@@H]1C=C(C)CC[C@H]1C(C)(C)O2.CCCCCc1cc(OC(=O)C2CCCC2)c2c(c1)OC(C)(C)[C@@H]1CCC(C)=C[C@@H]21.CCCCCc1cc(OC(=O)CCC(=O)O)c2c(c1)OC(C)(C)[C@@H]1CCC(C)=C[C@@H]21. The molecule has 1 saturated carbocycles. The number of amides is 1. The number of fused-ring (bicyclic) bond motifs is 9. The third kappa shape index (κ3) is 18.4. The van der Waals surface area contributed by atoms with Gasteiger partial charge in [-0.1, -0.05) is 127 Å². The van der Waals surface area contributed by atoms with E-state index in [1.807, 2.05) is 6.07 Å². The molecule has 1 amide bonds. The number of hydrogen-bond acceptors (Lipinski definition) is 10. The first-order chi connectivity index (χ1) is 43.4. The highest BCUT2D eigenvalue weighted by Crippen LogP contribution is 2.57. The van der Waals surface area contributed by atoms with Gasteiger partial charge in [-0.25, -0.2) is 4.79 Å². The van der Waals surface area contributed by atoms with Gasteiger partial charge < -0.3 is 38.8 Å². The Morgan fingerprint density at radius 1 is 0.484 bits per heavy atom. The predicted octanol–water partition coefficient (Wildman–Crippen LogP) is 20.2. The first-order valence-electron chi connectivity index (χ1n) is 35.6. The molecule has 1 fully saturated rings. The minimum atomic E-state index is -1.00. The van der Waals surface area contributed by atoms with Gasteiger partial charge >= 0.3 is 24.0 Å². The molecule has 2 N–H and O–H groups in total. The Hall–Kier alpha value is -6.04. The zero-order chi connectivity index (χ0) is 65.6. The van der Waals surface area contributed by atoms with E-state index in [-0.39, 0.29) is 65.4 Å². The number of allylic oxidation sites excluding steroid dienone is 6. The second kappa shape index (κ2) is 32.2. The van der Waals surface area contributed by atoms with Crippen molar-refractivity contribution in [3.63, 3.8) is 0 Å². The minimum Gasteiger partial charge on any atom is -0.487 e. The fourth-order valence-electron chi connectivity index (χ4n) is 15.5. The van der Waals surface area contributed by atoms with Crippen molar-refractivity contribution in [2.75, 3.05) is 6.54 Å².